The van der Waals surface area contributed by atoms with E-state index in [0.717, 1.165) is 4.90 Å². The Bertz CT molecular complexity index is 1380. The highest BCUT2D eigenvalue weighted by molar-refractivity contribution is 8.16. The van der Waals surface area contributed by atoms with Gasteiger partial charge in [0.05, 0.1) is 28.6 Å². The Morgan fingerprint density at radius 3 is 2.27 bits per heavy atom. The third-order valence-electron chi connectivity index (χ3n) is 5.72. The lowest BCUT2D eigenvalue weighted by Crippen LogP contribution is -2.62. The number of rotatable bonds is 9. The molecular weight excluding hydrogens is 562 g/mol. The molecule has 3 atom stereocenters. The van der Waals surface area contributed by atoms with Gasteiger partial charge in [-0.15, -0.1) is 0 Å². The number of amides is 1. The molecule has 0 radical (unpaired) electrons. The quantitative estimate of drug-likeness (QED) is 0.0648. The molecule has 0 bridgehead atoms. The van der Waals surface area contributed by atoms with E-state index in [1.165, 1.54) is 55.5 Å². The summed E-state index contributed by atoms with van der Waals surface area (Å²) in [5.74, 6) is -2.59. The van der Waals surface area contributed by atoms with Crippen molar-refractivity contribution >= 4 is 46.0 Å². The van der Waals surface area contributed by atoms with Crippen LogP contribution in [0.4, 0.5) is 5.69 Å². The molecule has 0 saturated carbocycles. The van der Waals surface area contributed by atoms with Crippen molar-refractivity contribution in [2.24, 2.45) is 11.3 Å². The van der Waals surface area contributed by atoms with Crippen LogP contribution in [-0.4, -0.2) is 43.5 Å². The molecule has 1 N–H and O–H groups in total. The van der Waals surface area contributed by atoms with E-state index in [2.05, 4.69) is 0 Å². The first-order valence-corrected chi connectivity index (χ1v) is 13.2. The Kier molecular flexibility index (Phi) is 9.57. The average Bonchev–Trinajstić information content (AvgIpc) is 2.89. The second kappa shape index (κ2) is 12.5. The van der Waals surface area contributed by atoms with Gasteiger partial charge in [0.1, 0.15) is 17.9 Å². The number of nitro groups is 1. The number of non-ortho nitro benzene ring substituents is 1. The lowest BCUT2D eigenvalue weighted by molar-refractivity contribution is -0.384. The fourth-order valence-electron chi connectivity index (χ4n) is 3.42. The molecule has 13 heteroatoms. The number of hydrogen-bond acceptors (Lipinski definition) is 10. The highest BCUT2D eigenvalue weighted by Crippen LogP contribution is 2.41. The molecule has 1 aliphatic rings. The number of nitriles is 1. The van der Waals surface area contributed by atoms with E-state index in [9.17, 15) is 29.6 Å². The monoisotopic (exact) mass is 587 g/mol. The fraction of sp³-hybridized carbons (Fsp3) is 0.333. The van der Waals surface area contributed by atoms with Gasteiger partial charge in [-0.3, -0.25) is 24.6 Å². The molecule has 1 amide bonds. The molecule has 40 heavy (non-hydrogen) atoms. The lowest BCUT2D eigenvalue weighted by Gasteiger charge is -2.45. The minimum Gasteiger partial charge on any atom is -0.456 e. The van der Waals surface area contributed by atoms with Crippen LogP contribution in [0.15, 0.2) is 59.3 Å². The molecule has 11 nitrogen and oxygen atoms in total. The van der Waals surface area contributed by atoms with Crippen molar-refractivity contribution in [2.75, 3.05) is 0 Å². The maximum Gasteiger partial charge on any atom is 0.359 e. The zero-order valence-corrected chi connectivity index (χ0v) is 23.6. The van der Waals surface area contributed by atoms with E-state index in [1.54, 1.807) is 20.8 Å². The third-order valence-corrected chi connectivity index (χ3v) is 7.45. The van der Waals surface area contributed by atoms with Gasteiger partial charge in [-0.2, -0.15) is 5.26 Å². The van der Waals surface area contributed by atoms with Crippen molar-refractivity contribution in [2.45, 2.75) is 45.9 Å². The van der Waals surface area contributed by atoms with Crippen molar-refractivity contribution in [3.8, 4) is 11.8 Å². The third kappa shape index (κ3) is 6.98. The molecule has 0 aromatic heterocycles. The molecule has 0 aliphatic carbocycles. The van der Waals surface area contributed by atoms with Crippen LogP contribution >= 0.6 is 23.4 Å². The fourth-order valence-corrected chi connectivity index (χ4v) is 4.82. The number of aliphatic hydroxyl groups is 1. The van der Waals surface area contributed by atoms with Crippen LogP contribution in [0.25, 0.3) is 0 Å². The molecular formula is C27H26ClN3O8S. The van der Waals surface area contributed by atoms with Crippen LogP contribution in [0.3, 0.4) is 0 Å². The Labute approximate surface area is 239 Å². The predicted molar refractivity (Wildman–Crippen MR) is 145 cm³/mol. The minimum absolute atomic E-state index is 0.147. The minimum atomic E-state index is -1.15. The van der Waals surface area contributed by atoms with Crippen LogP contribution in [0, 0.1) is 32.8 Å². The number of nitro benzene ring substituents is 1. The van der Waals surface area contributed by atoms with Gasteiger partial charge < -0.3 is 14.6 Å². The van der Waals surface area contributed by atoms with Crippen molar-refractivity contribution in [1.29, 1.82) is 5.26 Å². The number of likely N-dealkylation sites (tertiary alicyclic amines) is 1. The maximum absolute atomic E-state index is 13.5. The van der Waals surface area contributed by atoms with Crippen LogP contribution in [0.5, 0.6) is 5.75 Å². The van der Waals surface area contributed by atoms with E-state index in [1.807, 2.05) is 6.07 Å². The number of carbonyl (C=O) groups excluding carboxylic acids is 3. The summed E-state index contributed by atoms with van der Waals surface area (Å²) in [6, 6.07) is 13.1. The van der Waals surface area contributed by atoms with E-state index in [0.29, 0.717) is 22.9 Å². The number of thioether (sulfide) groups is 1. The second-order valence-electron chi connectivity index (χ2n) is 9.86. The molecule has 210 valence electrons. The summed E-state index contributed by atoms with van der Waals surface area (Å²) in [7, 11) is 0. The molecule has 2 aromatic rings. The number of aliphatic hydroxyl groups excluding tert-OH is 1. The topological polar surface area (TPSA) is 160 Å². The van der Waals surface area contributed by atoms with Crippen LogP contribution in [0.2, 0.25) is 0 Å². The van der Waals surface area contributed by atoms with Crippen molar-refractivity contribution < 1.29 is 33.9 Å². The number of halogens is 1. The second-order valence-corrected chi connectivity index (χ2v) is 11.3. The van der Waals surface area contributed by atoms with Crippen LogP contribution < -0.4 is 4.74 Å². The summed E-state index contributed by atoms with van der Waals surface area (Å²) in [5.41, 5.74) is -1.86. The van der Waals surface area contributed by atoms with Crippen molar-refractivity contribution in [3.05, 3.63) is 80.6 Å². The molecule has 0 unspecified atom stereocenters. The standard InChI is InChI=1S/C27H26ClN3O8S/c1-15(32)20-22(28)30(23(20)33)21(24(34)38-14-17-5-9-18(10-6-17)31(36)37)25(40-26(35)27(2,3)4)39-19-11-7-16(13-29)8-12-19/h5-12,15,20,22,32H,14H2,1-4H3/t15-,20-,22-/m1/s1. The zero-order chi connectivity index (χ0) is 29.8. The number of esters is 1. The van der Waals surface area contributed by atoms with Crippen LogP contribution in [0.1, 0.15) is 38.8 Å². The molecule has 3 rings (SSSR count). The summed E-state index contributed by atoms with van der Waals surface area (Å²) in [6.07, 6.45) is -1.12. The Balaban J connectivity index is 2.05. The smallest absolute Gasteiger partial charge is 0.359 e. The normalized spacial score (nSPS) is 18.1. The number of β-lactam (4-membered cyclic amide) rings is 1. The Morgan fingerprint density at radius 2 is 1.80 bits per heavy atom. The number of hydrogen-bond donors (Lipinski definition) is 1. The molecule has 1 fully saturated rings. The zero-order valence-electron chi connectivity index (χ0n) is 22.0. The maximum atomic E-state index is 13.5. The lowest BCUT2D eigenvalue weighted by atomic mass is 9.92. The van der Waals surface area contributed by atoms with Gasteiger partial charge in [0.15, 0.2) is 10.8 Å². The summed E-state index contributed by atoms with van der Waals surface area (Å²) in [4.78, 5) is 50.9. The summed E-state index contributed by atoms with van der Waals surface area (Å²) in [5, 5.41) is 29.3. The SMILES string of the molecule is C[C@@H](O)[C@H]1C(=O)N(C(C(=O)OCc2ccc([N+](=O)[O-])cc2)=C(Oc2ccc(C#N)cc2)SC(=O)C(C)(C)C)[C@H]1Cl. The molecule has 0 spiro atoms. The summed E-state index contributed by atoms with van der Waals surface area (Å²) >= 11 is 7.01. The first kappa shape index (κ1) is 30.6. The summed E-state index contributed by atoms with van der Waals surface area (Å²) in [6.45, 7) is 6.05. The number of ether oxygens (including phenoxy) is 2. The van der Waals surface area contributed by atoms with Gasteiger partial charge >= 0.3 is 5.97 Å². The Morgan fingerprint density at radius 1 is 1.20 bits per heavy atom. The number of carbonyl (C=O) groups is 3. The first-order valence-electron chi connectivity index (χ1n) is 11.9. The van der Waals surface area contributed by atoms with Gasteiger partial charge in [-0.05, 0) is 60.6 Å². The number of nitrogens with zero attached hydrogens (tertiary/aromatic N) is 3. The van der Waals surface area contributed by atoms with Gasteiger partial charge in [-0.25, -0.2) is 4.79 Å². The largest absolute Gasteiger partial charge is 0.456 e. The molecule has 2 aromatic carbocycles. The van der Waals surface area contributed by atoms with Crippen molar-refractivity contribution in [1.82, 2.24) is 4.90 Å². The van der Waals surface area contributed by atoms with E-state index in [4.69, 9.17) is 26.3 Å². The van der Waals surface area contributed by atoms with E-state index >= 15 is 0 Å². The average molecular weight is 588 g/mol. The van der Waals surface area contributed by atoms with E-state index < -0.39 is 50.5 Å². The summed E-state index contributed by atoms with van der Waals surface area (Å²) < 4.78 is 11.4. The van der Waals surface area contributed by atoms with Crippen LogP contribution in [-0.2, 0) is 25.7 Å². The van der Waals surface area contributed by atoms with Gasteiger partial charge in [0.25, 0.3) is 5.69 Å². The number of benzene rings is 2. The van der Waals surface area contributed by atoms with Gasteiger partial charge in [0, 0.05) is 17.5 Å². The van der Waals surface area contributed by atoms with Crippen molar-refractivity contribution in [3.63, 3.8) is 0 Å². The molecule has 1 aliphatic heterocycles. The van der Waals surface area contributed by atoms with Gasteiger partial charge in [-0.1, -0.05) is 32.4 Å². The number of alkyl halides is 1. The van der Waals surface area contributed by atoms with Gasteiger partial charge in [0.2, 0.25) is 11.0 Å². The first-order chi connectivity index (χ1) is 18.7. The highest BCUT2D eigenvalue weighted by Gasteiger charge is 2.53. The molecule has 1 saturated heterocycles. The van der Waals surface area contributed by atoms with E-state index in [-0.39, 0.29) is 23.1 Å². The highest BCUT2D eigenvalue weighted by atomic mass is 35.5. The predicted octanol–water partition coefficient (Wildman–Crippen LogP) is 4.47. The Hall–Kier alpha value is -3.92. The molecule has 1 heterocycles.